The highest BCUT2D eigenvalue weighted by Crippen LogP contribution is 2.27. The van der Waals surface area contributed by atoms with Crippen molar-refractivity contribution in [3.63, 3.8) is 0 Å². The Morgan fingerprint density at radius 3 is 2.74 bits per heavy atom. The van der Waals surface area contributed by atoms with Crippen molar-refractivity contribution in [2.45, 2.75) is 38.7 Å². The van der Waals surface area contributed by atoms with Gasteiger partial charge in [0.05, 0.1) is 16.8 Å². The Morgan fingerprint density at radius 1 is 1.42 bits per heavy atom. The smallest absolute Gasteiger partial charge is 0.129 e. The molecule has 2 aromatic rings. The standard InChI is InChI=1S/C14H17ClN2OS/c1-14(2,3)11-8-19-13(17-11)7-10(18)9-4-5-16-12(15)6-9/h4-6,8,10,18H,7H2,1-3H3. The van der Waals surface area contributed by atoms with Crippen LogP contribution in [0.1, 0.15) is 43.1 Å². The van der Waals surface area contributed by atoms with Gasteiger partial charge in [-0.1, -0.05) is 32.4 Å². The van der Waals surface area contributed by atoms with Gasteiger partial charge in [-0.2, -0.15) is 0 Å². The molecular weight excluding hydrogens is 280 g/mol. The summed E-state index contributed by atoms with van der Waals surface area (Å²) in [6.07, 6.45) is 1.50. The van der Waals surface area contributed by atoms with Crippen LogP contribution in [0.3, 0.4) is 0 Å². The molecule has 2 rings (SSSR count). The van der Waals surface area contributed by atoms with Crippen molar-refractivity contribution in [1.82, 2.24) is 9.97 Å². The van der Waals surface area contributed by atoms with Gasteiger partial charge in [-0.25, -0.2) is 9.97 Å². The van der Waals surface area contributed by atoms with E-state index in [2.05, 4.69) is 36.1 Å². The molecule has 1 N–H and O–H groups in total. The van der Waals surface area contributed by atoms with Crippen molar-refractivity contribution in [2.75, 3.05) is 0 Å². The Kier molecular flexibility index (Phi) is 4.23. The molecule has 0 amide bonds. The van der Waals surface area contributed by atoms with E-state index in [-0.39, 0.29) is 5.41 Å². The minimum atomic E-state index is -0.598. The summed E-state index contributed by atoms with van der Waals surface area (Å²) in [6, 6.07) is 3.46. The van der Waals surface area contributed by atoms with E-state index in [4.69, 9.17) is 11.6 Å². The van der Waals surface area contributed by atoms with E-state index in [1.54, 1.807) is 29.7 Å². The molecule has 0 aliphatic heterocycles. The molecule has 102 valence electrons. The normalized spacial score (nSPS) is 13.5. The summed E-state index contributed by atoms with van der Waals surface area (Å²) < 4.78 is 0. The van der Waals surface area contributed by atoms with Crippen molar-refractivity contribution in [2.24, 2.45) is 0 Å². The molecule has 0 aromatic carbocycles. The second kappa shape index (κ2) is 5.57. The van der Waals surface area contributed by atoms with Gasteiger partial charge in [0.2, 0.25) is 0 Å². The first kappa shape index (κ1) is 14.4. The van der Waals surface area contributed by atoms with Crippen LogP contribution in [0.25, 0.3) is 0 Å². The average Bonchev–Trinajstić information content (AvgIpc) is 2.77. The van der Waals surface area contributed by atoms with Gasteiger partial charge in [0.15, 0.2) is 0 Å². The monoisotopic (exact) mass is 296 g/mol. The quantitative estimate of drug-likeness (QED) is 0.877. The van der Waals surface area contributed by atoms with Crippen LogP contribution >= 0.6 is 22.9 Å². The van der Waals surface area contributed by atoms with Crippen LogP contribution < -0.4 is 0 Å². The summed E-state index contributed by atoms with van der Waals surface area (Å²) >= 11 is 7.40. The molecule has 3 nitrogen and oxygen atoms in total. The Morgan fingerprint density at radius 2 is 2.16 bits per heavy atom. The van der Waals surface area contributed by atoms with Crippen molar-refractivity contribution >= 4 is 22.9 Å². The van der Waals surface area contributed by atoms with Gasteiger partial charge >= 0.3 is 0 Å². The number of thiazole rings is 1. The van der Waals surface area contributed by atoms with Crippen LogP contribution in [-0.2, 0) is 11.8 Å². The van der Waals surface area contributed by atoms with Gasteiger partial charge in [-0.15, -0.1) is 11.3 Å². The molecule has 0 spiro atoms. The van der Waals surface area contributed by atoms with Crippen LogP contribution in [0, 0.1) is 0 Å². The second-order valence-corrected chi connectivity index (χ2v) is 6.84. The van der Waals surface area contributed by atoms with E-state index in [1.165, 1.54) is 0 Å². The molecule has 0 saturated carbocycles. The number of pyridine rings is 1. The molecule has 0 aliphatic carbocycles. The number of aliphatic hydroxyl groups excluding tert-OH is 1. The summed E-state index contributed by atoms with van der Waals surface area (Å²) in [7, 11) is 0. The molecule has 0 radical (unpaired) electrons. The molecule has 1 unspecified atom stereocenters. The van der Waals surface area contributed by atoms with Crippen molar-refractivity contribution < 1.29 is 5.11 Å². The van der Waals surface area contributed by atoms with Crippen LogP contribution in [0.15, 0.2) is 23.7 Å². The topological polar surface area (TPSA) is 46.0 Å². The minimum absolute atomic E-state index is 0.0413. The molecule has 5 heteroatoms. The van der Waals surface area contributed by atoms with Crippen molar-refractivity contribution in [3.05, 3.63) is 45.1 Å². The first-order chi connectivity index (χ1) is 8.86. The number of nitrogens with zero attached hydrogens (tertiary/aromatic N) is 2. The number of aliphatic hydroxyl groups is 1. The lowest BCUT2D eigenvalue weighted by Crippen LogP contribution is -2.12. The lowest BCUT2D eigenvalue weighted by molar-refractivity contribution is 0.178. The molecule has 0 fully saturated rings. The zero-order chi connectivity index (χ0) is 14.0. The van der Waals surface area contributed by atoms with E-state index in [1.807, 2.05) is 0 Å². The number of hydrogen-bond acceptors (Lipinski definition) is 4. The fourth-order valence-corrected chi connectivity index (χ4v) is 2.90. The summed E-state index contributed by atoms with van der Waals surface area (Å²) in [4.78, 5) is 8.49. The Labute approximate surface area is 122 Å². The highest BCUT2D eigenvalue weighted by molar-refractivity contribution is 7.09. The fraction of sp³-hybridized carbons (Fsp3) is 0.429. The van der Waals surface area contributed by atoms with E-state index >= 15 is 0 Å². The molecule has 1 atom stereocenters. The first-order valence-electron chi connectivity index (χ1n) is 6.10. The zero-order valence-electron chi connectivity index (χ0n) is 11.2. The maximum Gasteiger partial charge on any atom is 0.129 e. The SMILES string of the molecule is CC(C)(C)c1csc(CC(O)c2ccnc(Cl)c2)n1. The minimum Gasteiger partial charge on any atom is -0.388 e. The lowest BCUT2D eigenvalue weighted by atomic mass is 9.93. The number of rotatable bonds is 3. The maximum atomic E-state index is 10.2. The van der Waals surface area contributed by atoms with Gasteiger partial charge in [0.25, 0.3) is 0 Å². The van der Waals surface area contributed by atoms with Crippen molar-refractivity contribution in [1.29, 1.82) is 0 Å². The number of halogens is 1. The van der Waals surface area contributed by atoms with E-state index in [9.17, 15) is 5.11 Å². The molecular formula is C14H17ClN2OS. The second-order valence-electron chi connectivity index (χ2n) is 5.51. The van der Waals surface area contributed by atoms with E-state index in [0.29, 0.717) is 11.6 Å². The summed E-state index contributed by atoms with van der Waals surface area (Å²) in [5, 5.41) is 13.6. The highest BCUT2D eigenvalue weighted by atomic mass is 35.5. The Balaban J connectivity index is 2.11. The maximum absolute atomic E-state index is 10.2. The van der Waals surface area contributed by atoms with E-state index < -0.39 is 6.10 Å². The molecule has 0 saturated heterocycles. The van der Waals surface area contributed by atoms with Crippen LogP contribution in [0.2, 0.25) is 5.15 Å². The first-order valence-corrected chi connectivity index (χ1v) is 7.36. The molecule has 19 heavy (non-hydrogen) atoms. The van der Waals surface area contributed by atoms with Gasteiger partial charge in [-0.3, -0.25) is 0 Å². The highest BCUT2D eigenvalue weighted by Gasteiger charge is 2.19. The Hall–Kier alpha value is -0.970. The summed E-state index contributed by atoms with van der Waals surface area (Å²) in [6.45, 7) is 6.39. The van der Waals surface area contributed by atoms with Gasteiger partial charge < -0.3 is 5.11 Å². The third-order valence-electron chi connectivity index (χ3n) is 2.82. The third-order valence-corrected chi connectivity index (χ3v) is 3.90. The van der Waals surface area contributed by atoms with Crippen LogP contribution in [-0.4, -0.2) is 15.1 Å². The van der Waals surface area contributed by atoms with Gasteiger partial charge in [-0.05, 0) is 17.7 Å². The van der Waals surface area contributed by atoms with Gasteiger partial charge in [0, 0.05) is 23.4 Å². The van der Waals surface area contributed by atoms with E-state index in [0.717, 1.165) is 16.3 Å². The molecule has 2 aromatic heterocycles. The predicted octanol–water partition coefficient (Wildman–Crippen LogP) is 3.77. The van der Waals surface area contributed by atoms with Crippen LogP contribution in [0.4, 0.5) is 0 Å². The fourth-order valence-electron chi connectivity index (χ4n) is 1.66. The average molecular weight is 297 g/mol. The summed E-state index contributed by atoms with van der Waals surface area (Å²) in [5.41, 5.74) is 1.87. The lowest BCUT2D eigenvalue weighted by Gasteiger charge is -2.14. The third kappa shape index (κ3) is 3.75. The largest absolute Gasteiger partial charge is 0.388 e. The molecule has 2 heterocycles. The summed E-state index contributed by atoms with van der Waals surface area (Å²) in [5.74, 6) is 0. The molecule has 0 bridgehead atoms. The molecule has 0 aliphatic rings. The zero-order valence-corrected chi connectivity index (χ0v) is 12.8. The van der Waals surface area contributed by atoms with Crippen molar-refractivity contribution in [3.8, 4) is 0 Å². The predicted molar refractivity (Wildman–Crippen MR) is 78.7 cm³/mol. The Bertz CT molecular complexity index is 563. The number of aromatic nitrogens is 2. The van der Waals surface area contributed by atoms with Crippen LogP contribution in [0.5, 0.6) is 0 Å². The number of hydrogen-bond donors (Lipinski definition) is 1. The van der Waals surface area contributed by atoms with Gasteiger partial charge in [0.1, 0.15) is 5.15 Å².